The van der Waals surface area contributed by atoms with Gasteiger partial charge in [-0.2, -0.15) is 0 Å². The third-order valence-electron chi connectivity index (χ3n) is 2.73. The van der Waals surface area contributed by atoms with E-state index >= 15 is 0 Å². The first-order valence-corrected chi connectivity index (χ1v) is 7.06. The summed E-state index contributed by atoms with van der Waals surface area (Å²) in [6.07, 6.45) is 1.50. The average molecular weight is 335 g/mol. The zero-order valence-electron chi connectivity index (χ0n) is 11.3. The third kappa shape index (κ3) is 3.36. The lowest BCUT2D eigenvalue weighted by atomic mass is 10.2. The fourth-order valence-electron chi connectivity index (χ4n) is 1.68. The zero-order valence-corrected chi connectivity index (χ0v) is 12.9. The summed E-state index contributed by atoms with van der Waals surface area (Å²) in [6.45, 7) is 4.15. The Morgan fingerprint density at radius 3 is 2.80 bits per heavy atom. The van der Waals surface area contributed by atoms with E-state index < -0.39 is 0 Å². The van der Waals surface area contributed by atoms with E-state index in [-0.39, 0.29) is 5.97 Å². The Kier molecular flexibility index (Phi) is 4.74. The van der Waals surface area contributed by atoms with Gasteiger partial charge in [0, 0.05) is 10.7 Å². The fraction of sp³-hybridized carbons (Fsp3) is 0.200. The molecule has 1 heterocycles. The van der Waals surface area contributed by atoms with Crippen LogP contribution < -0.4 is 5.32 Å². The van der Waals surface area contributed by atoms with Crippen LogP contribution in [0.5, 0.6) is 0 Å². The molecule has 0 radical (unpaired) electrons. The SMILES string of the molecule is CCOC(=O)c1ccc(Nc2cccc(C)c2Br)nc1. The number of ether oxygens (including phenoxy) is 1. The number of rotatable bonds is 4. The maximum Gasteiger partial charge on any atom is 0.339 e. The van der Waals surface area contributed by atoms with E-state index in [0.29, 0.717) is 18.0 Å². The molecule has 1 aromatic heterocycles. The topological polar surface area (TPSA) is 51.2 Å². The number of nitrogens with one attached hydrogen (secondary N) is 1. The van der Waals surface area contributed by atoms with Gasteiger partial charge in [0.15, 0.2) is 0 Å². The number of carbonyl (C=O) groups excluding carboxylic acids is 1. The normalized spacial score (nSPS) is 10.2. The number of anilines is 2. The molecule has 0 saturated heterocycles. The van der Waals surface area contributed by atoms with Crippen LogP contribution in [0.2, 0.25) is 0 Å². The quantitative estimate of drug-likeness (QED) is 0.856. The lowest BCUT2D eigenvalue weighted by Gasteiger charge is -2.10. The van der Waals surface area contributed by atoms with Crippen LogP contribution in [0, 0.1) is 6.92 Å². The summed E-state index contributed by atoms with van der Waals surface area (Å²) in [5.74, 6) is 0.313. The number of benzene rings is 1. The van der Waals surface area contributed by atoms with Crippen LogP contribution in [-0.2, 0) is 4.74 Å². The number of esters is 1. The first kappa shape index (κ1) is 14.5. The summed E-state index contributed by atoms with van der Waals surface area (Å²) >= 11 is 3.53. The van der Waals surface area contributed by atoms with Crippen molar-refractivity contribution in [3.8, 4) is 0 Å². The molecule has 0 aliphatic rings. The number of aromatic nitrogens is 1. The van der Waals surface area contributed by atoms with Crippen molar-refractivity contribution >= 4 is 33.4 Å². The minimum absolute atomic E-state index is 0.356. The average Bonchev–Trinajstić information content (AvgIpc) is 2.45. The van der Waals surface area contributed by atoms with Crippen LogP contribution in [0.3, 0.4) is 0 Å². The summed E-state index contributed by atoms with van der Waals surface area (Å²) in [5, 5.41) is 3.20. The Hall–Kier alpha value is -1.88. The van der Waals surface area contributed by atoms with Crippen molar-refractivity contribution in [2.45, 2.75) is 13.8 Å². The van der Waals surface area contributed by atoms with E-state index in [1.165, 1.54) is 6.20 Å². The van der Waals surface area contributed by atoms with E-state index in [1.54, 1.807) is 19.1 Å². The van der Waals surface area contributed by atoms with Crippen LogP contribution in [0.15, 0.2) is 41.0 Å². The Balaban J connectivity index is 2.15. The Bertz CT molecular complexity index is 612. The molecule has 4 nitrogen and oxygen atoms in total. The minimum atomic E-state index is -0.358. The molecule has 0 fully saturated rings. The number of nitrogens with zero attached hydrogens (tertiary/aromatic N) is 1. The molecule has 0 aliphatic heterocycles. The molecule has 0 bridgehead atoms. The van der Waals surface area contributed by atoms with Crippen LogP contribution in [-0.4, -0.2) is 17.6 Å². The number of pyridine rings is 1. The van der Waals surface area contributed by atoms with E-state index in [1.807, 2.05) is 25.1 Å². The highest BCUT2D eigenvalue weighted by atomic mass is 79.9. The van der Waals surface area contributed by atoms with Gasteiger partial charge in [-0.05, 0) is 53.5 Å². The number of aryl methyl sites for hydroxylation is 1. The summed E-state index contributed by atoms with van der Waals surface area (Å²) < 4.78 is 5.91. The number of hydrogen-bond acceptors (Lipinski definition) is 4. The van der Waals surface area contributed by atoms with E-state index in [0.717, 1.165) is 15.7 Å². The van der Waals surface area contributed by atoms with Gasteiger partial charge < -0.3 is 10.1 Å². The van der Waals surface area contributed by atoms with Crippen LogP contribution >= 0.6 is 15.9 Å². The maximum atomic E-state index is 11.5. The molecular formula is C15H15BrN2O2. The zero-order chi connectivity index (χ0) is 14.5. The van der Waals surface area contributed by atoms with Crippen LogP contribution in [0.1, 0.15) is 22.8 Å². The van der Waals surface area contributed by atoms with Crippen molar-refractivity contribution in [2.24, 2.45) is 0 Å². The van der Waals surface area contributed by atoms with Gasteiger partial charge in [0.25, 0.3) is 0 Å². The van der Waals surface area contributed by atoms with Crippen LogP contribution in [0.4, 0.5) is 11.5 Å². The Morgan fingerprint density at radius 2 is 2.15 bits per heavy atom. The maximum absolute atomic E-state index is 11.5. The van der Waals surface area contributed by atoms with Crippen molar-refractivity contribution < 1.29 is 9.53 Å². The minimum Gasteiger partial charge on any atom is -0.462 e. The second-order valence-corrected chi connectivity index (χ2v) is 5.01. The van der Waals surface area contributed by atoms with Crippen LogP contribution in [0.25, 0.3) is 0 Å². The Labute approximate surface area is 126 Å². The highest BCUT2D eigenvalue weighted by Crippen LogP contribution is 2.27. The van der Waals surface area contributed by atoms with Gasteiger partial charge in [-0.15, -0.1) is 0 Å². The van der Waals surface area contributed by atoms with E-state index in [4.69, 9.17) is 4.74 Å². The summed E-state index contributed by atoms with van der Waals surface area (Å²) in [5.41, 5.74) is 2.51. The molecule has 0 saturated carbocycles. The molecule has 1 aromatic carbocycles. The molecule has 20 heavy (non-hydrogen) atoms. The highest BCUT2D eigenvalue weighted by molar-refractivity contribution is 9.10. The molecule has 0 unspecified atom stereocenters. The molecule has 0 amide bonds. The molecule has 1 N–H and O–H groups in total. The third-order valence-corrected chi connectivity index (χ3v) is 3.78. The standard InChI is InChI=1S/C15H15BrN2O2/c1-3-20-15(19)11-7-8-13(17-9-11)18-12-6-4-5-10(2)14(12)16/h4-9H,3H2,1-2H3,(H,17,18). The van der Waals surface area contributed by atoms with Gasteiger partial charge >= 0.3 is 5.97 Å². The van der Waals surface area contributed by atoms with Gasteiger partial charge in [0.1, 0.15) is 5.82 Å². The fourth-order valence-corrected chi connectivity index (χ4v) is 2.05. The predicted octanol–water partition coefficient (Wildman–Crippen LogP) is 4.07. The van der Waals surface area contributed by atoms with Gasteiger partial charge in [0.05, 0.1) is 17.9 Å². The molecule has 5 heteroatoms. The Morgan fingerprint density at radius 1 is 1.35 bits per heavy atom. The number of hydrogen-bond donors (Lipinski definition) is 1. The lowest BCUT2D eigenvalue weighted by Crippen LogP contribution is -2.05. The molecule has 0 aliphatic carbocycles. The number of halogens is 1. The second-order valence-electron chi connectivity index (χ2n) is 4.21. The summed E-state index contributed by atoms with van der Waals surface area (Å²) in [4.78, 5) is 15.7. The highest BCUT2D eigenvalue weighted by Gasteiger charge is 2.07. The molecular weight excluding hydrogens is 320 g/mol. The first-order valence-electron chi connectivity index (χ1n) is 6.27. The van der Waals surface area contributed by atoms with Crippen molar-refractivity contribution in [3.05, 3.63) is 52.1 Å². The predicted molar refractivity (Wildman–Crippen MR) is 82.4 cm³/mol. The van der Waals surface area contributed by atoms with E-state index in [9.17, 15) is 4.79 Å². The van der Waals surface area contributed by atoms with E-state index in [2.05, 4.69) is 26.2 Å². The molecule has 2 rings (SSSR count). The smallest absolute Gasteiger partial charge is 0.339 e. The lowest BCUT2D eigenvalue weighted by molar-refractivity contribution is 0.0526. The first-order chi connectivity index (χ1) is 9.61. The second kappa shape index (κ2) is 6.52. The number of carbonyl (C=O) groups is 1. The van der Waals surface area contributed by atoms with Crippen molar-refractivity contribution in [3.63, 3.8) is 0 Å². The van der Waals surface area contributed by atoms with Crippen molar-refractivity contribution in [1.29, 1.82) is 0 Å². The van der Waals surface area contributed by atoms with Gasteiger partial charge in [-0.3, -0.25) is 0 Å². The molecule has 104 valence electrons. The monoisotopic (exact) mass is 334 g/mol. The van der Waals surface area contributed by atoms with Gasteiger partial charge in [-0.1, -0.05) is 12.1 Å². The largest absolute Gasteiger partial charge is 0.462 e. The molecule has 0 spiro atoms. The molecule has 0 atom stereocenters. The summed E-state index contributed by atoms with van der Waals surface area (Å²) in [7, 11) is 0. The van der Waals surface area contributed by atoms with Crippen molar-refractivity contribution in [1.82, 2.24) is 4.98 Å². The summed E-state index contributed by atoms with van der Waals surface area (Å²) in [6, 6.07) is 9.39. The van der Waals surface area contributed by atoms with Gasteiger partial charge in [0.2, 0.25) is 0 Å². The van der Waals surface area contributed by atoms with Gasteiger partial charge in [-0.25, -0.2) is 9.78 Å². The molecule has 2 aromatic rings. The van der Waals surface area contributed by atoms with Crippen molar-refractivity contribution in [2.75, 3.05) is 11.9 Å².